The van der Waals surface area contributed by atoms with Crippen molar-refractivity contribution >= 4 is 17.8 Å². The van der Waals surface area contributed by atoms with Crippen molar-refractivity contribution in [2.45, 2.75) is 0 Å². The Hall–Kier alpha value is -3.26. The van der Waals surface area contributed by atoms with E-state index in [0.29, 0.717) is 11.7 Å². The van der Waals surface area contributed by atoms with Crippen LogP contribution >= 0.6 is 0 Å². The summed E-state index contributed by atoms with van der Waals surface area (Å²) in [6.07, 6.45) is 1.45. The number of pyridine rings is 1. The van der Waals surface area contributed by atoms with Gasteiger partial charge in [-0.3, -0.25) is 9.59 Å². The standard InChI is InChI=1S/C17H14N2O6/c1-23-9-10-24-14-13(7-4-8-18-14)17(22)25-19-15(20)11-5-2-3-6-12(11)16(19)21/h2-8H,9-10H2,1H3. The molecule has 0 fully saturated rings. The topological polar surface area (TPSA) is 95.0 Å². The van der Waals surface area contributed by atoms with Crippen molar-refractivity contribution in [1.82, 2.24) is 10.0 Å². The van der Waals surface area contributed by atoms with Crippen molar-refractivity contribution in [3.8, 4) is 5.88 Å². The van der Waals surface area contributed by atoms with Crippen LogP contribution in [0.15, 0.2) is 42.6 Å². The van der Waals surface area contributed by atoms with Crippen LogP contribution in [-0.4, -0.2) is 48.2 Å². The third kappa shape index (κ3) is 3.20. The lowest BCUT2D eigenvalue weighted by atomic mass is 10.1. The molecule has 0 spiro atoms. The van der Waals surface area contributed by atoms with E-state index in [2.05, 4.69) is 4.98 Å². The number of benzene rings is 1. The van der Waals surface area contributed by atoms with E-state index in [1.165, 1.54) is 37.6 Å². The molecule has 3 rings (SSSR count). The number of methoxy groups -OCH3 is 1. The van der Waals surface area contributed by atoms with Crippen LogP contribution in [0.1, 0.15) is 31.1 Å². The smallest absolute Gasteiger partial charge is 0.369 e. The second-order valence-corrected chi connectivity index (χ2v) is 5.03. The first-order valence-corrected chi connectivity index (χ1v) is 7.40. The lowest BCUT2D eigenvalue weighted by Gasteiger charge is -2.14. The molecule has 1 aromatic heterocycles. The summed E-state index contributed by atoms with van der Waals surface area (Å²) in [4.78, 5) is 45.8. The van der Waals surface area contributed by atoms with Gasteiger partial charge < -0.3 is 14.3 Å². The third-order valence-corrected chi connectivity index (χ3v) is 3.45. The van der Waals surface area contributed by atoms with Gasteiger partial charge in [-0.25, -0.2) is 9.78 Å². The Morgan fingerprint density at radius 3 is 2.36 bits per heavy atom. The van der Waals surface area contributed by atoms with Crippen LogP contribution in [0.25, 0.3) is 0 Å². The highest BCUT2D eigenvalue weighted by atomic mass is 16.7. The van der Waals surface area contributed by atoms with Gasteiger partial charge in [0.1, 0.15) is 12.2 Å². The highest BCUT2D eigenvalue weighted by molar-refractivity contribution is 6.21. The number of rotatable bonds is 6. The zero-order valence-electron chi connectivity index (χ0n) is 13.3. The maximum atomic E-state index is 12.4. The van der Waals surface area contributed by atoms with Crippen LogP contribution in [0.2, 0.25) is 0 Å². The minimum absolute atomic E-state index is 0.00448. The molecule has 0 radical (unpaired) electrons. The van der Waals surface area contributed by atoms with E-state index < -0.39 is 17.8 Å². The van der Waals surface area contributed by atoms with Crippen LogP contribution in [0.4, 0.5) is 0 Å². The molecule has 1 aromatic carbocycles. The monoisotopic (exact) mass is 342 g/mol. The Kier molecular flexibility index (Phi) is 4.71. The molecule has 0 aliphatic carbocycles. The molecule has 1 aliphatic heterocycles. The van der Waals surface area contributed by atoms with Gasteiger partial charge in [0.2, 0.25) is 5.88 Å². The molecule has 8 heteroatoms. The van der Waals surface area contributed by atoms with E-state index in [-0.39, 0.29) is 29.2 Å². The van der Waals surface area contributed by atoms with Gasteiger partial charge in [-0.15, -0.1) is 0 Å². The highest BCUT2D eigenvalue weighted by Crippen LogP contribution is 2.24. The van der Waals surface area contributed by atoms with Crippen molar-refractivity contribution in [2.75, 3.05) is 20.3 Å². The van der Waals surface area contributed by atoms with Gasteiger partial charge in [-0.1, -0.05) is 17.2 Å². The van der Waals surface area contributed by atoms with E-state index in [4.69, 9.17) is 14.3 Å². The zero-order chi connectivity index (χ0) is 17.8. The summed E-state index contributed by atoms with van der Waals surface area (Å²) in [7, 11) is 1.51. The number of imide groups is 1. The summed E-state index contributed by atoms with van der Waals surface area (Å²) in [6.45, 7) is 0.490. The summed E-state index contributed by atoms with van der Waals surface area (Å²) < 4.78 is 10.2. The Labute approximate surface area is 142 Å². The number of carbonyl (C=O) groups excluding carboxylic acids is 3. The van der Waals surface area contributed by atoms with Crippen LogP contribution in [-0.2, 0) is 9.57 Å². The minimum Gasteiger partial charge on any atom is -0.475 e. The van der Waals surface area contributed by atoms with Crippen molar-refractivity contribution in [3.63, 3.8) is 0 Å². The molecule has 0 N–H and O–H groups in total. The molecule has 128 valence electrons. The van der Waals surface area contributed by atoms with Crippen molar-refractivity contribution in [3.05, 3.63) is 59.3 Å². The van der Waals surface area contributed by atoms with E-state index in [1.54, 1.807) is 12.1 Å². The molecule has 2 heterocycles. The van der Waals surface area contributed by atoms with Crippen LogP contribution in [0, 0.1) is 0 Å². The highest BCUT2D eigenvalue weighted by Gasteiger charge is 2.39. The van der Waals surface area contributed by atoms with Crippen molar-refractivity contribution in [2.24, 2.45) is 0 Å². The van der Waals surface area contributed by atoms with Crippen LogP contribution in [0.5, 0.6) is 5.88 Å². The predicted octanol–water partition coefficient (Wildman–Crippen LogP) is 1.47. The van der Waals surface area contributed by atoms with E-state index >= 15 is 0 Å². The number of hydroxylamine groups is 2. The molecule has 0 bridgehead atoms. The van der Waals surface area contributed by atoms with E-state index in [0.717, 1.165) is 0 Å². The molecule has 1 aliphatic rings. The Bertz CT molecular complexity index is 800. The number of fused-ring (bicyclic) bond motifs is 1. The molecular formula is C17H14N2O6. The summed E-state index contributed by atoms with van der Waals surface area (Å²) in [5.74, 6) is -2.28. The van der Waals surface area contributed by atoms with Gasteiger partial charge in [-0.05, 0) is 24.3 Å². The first-order valence-electron chi connectivity index (χ1n) is 7.40. The number of carbonyl (C=O) groups is 3. The number of hydrogen-bond acceptors (Lipinski definition) is 7. The lowest BCUT2D eigenvalue weighted by molar-refractivity contribution is -0.0587. The Balaban J connectivity index is 1.78. The second kappa shape index (κ2) is 7.10. The van der Waals surface area contributed by atoms with E-state index in [1.807, 2.05) is 0 Å². The summed E-state index contributed by atoms with van der Waals surface area (Å²) in [5.41, 5.74) is 0.362. The molecule has 2 amide bonds. The van der Waals surface area contributed by atoms with Crippen LogP contribution < -0.4 is 4.74 Å². The number of ether oxygens (including phenoxy) is 2. The molecule has 0 saturated heterocycles. The Morgan fingerprint density at radius 2 is 1.72 bits per heavy atom. The number of aromatic nitrogens is 1. The fraction of sp³-hybridized carbons (Fsp3) is 0.176. The third-order valence-electron chi connectivity index (χ3n) is 3.45. The lowest BCUT2D eigenvalue weighted by Crippen LogP contribution is -2.32. The zero-order valence-corrected chi connectivity index (χ0v) is 13.3. The quantitative estimate of drug-likeness (QED) is 0.579. The summed E-state index contributed by atoms with van der Waals surface area (Å²) in [6, 6.07) is 9.17. The molecule has 0 unspecified atom stereocenters. The average Bonchev–Trinajstić information content (AvgIpc) is 2.87. The minimum atomic E-state index is -0.921. The second-order valence-electron chi connectivity index (χ2n) is 5.03. The maximum Gasteiger partial charge on any atom is 0.369 e. The first kappa shape index (κ1) is 16.6. The fourth-order valence-electron chi connectivity index (χ4n) is 2.26. The number of amides is 2. The average molecular weight is 342 g/mol. The summed E-state index contributed by atoms with van der Waals surface area (Å²) >= 11 is 0. The van der Waals surface area contributed by atoms with Crippen molar-refractivity contribution in [1.29, 1.82) is 0 Å². The van der Waals surface area contributed by atoms with Gasteiger partial charge in [0.15, 0.2) is 0 Å². The van der Waals surface area contributed by atoms with Crippen LogP contribution in [0.3, 0.4) is 0 Å². The molecule has 0 atom stereocenters. The van der Waals surface area contributed by atoms with Gasteiger partial charge in [0.25, 0.3) is 11.8 Å². The predicted molar refractivity (Wildman–Crippen MR) is 84.0 cm³/mol. The maximum absolute atomic E-state index is 12.4. The van der Waals surface area contributed by atoms with E-state index in [9.17, 15) is 14.4 Å². The molecule has 2 aromatic rings. The normalized spacial score (nSPS) is 12.9. The van der Waals surface area contributed by atoms with Gasteiger partial charge in [0.05, 0.1) is 17.7 Å². The van der Waals surface area contributed by atoms with Gasteiger partial charge in [-0.2, -0.15) is 0 Å². The molecule has 0 saturated carbocycles. The first-order chi connectivity index (χ1) is 12.1. The van der Waals surface area contributed by atoms with Gasteiger partial charge >= 0.3 is 5.97 Å². The largest absolute Gasteiger partial charge is 0.475 e. The Morgan fingerprint density at radius 1 is 1.04 bits per heavy atom. The van der Waals surface area contributed by atoms with Gasteiger partial charge in [0, 0.05) is 13.3 Å². The SMILES string of the molecule is COCCOc1ncccc1C(=O)ON1C(=O)c2ccccc2C1=O. The number of nitrogens with zero attached hydrogens (tertiary/aromatic N) is 2. The molecule has 25 heavy (non-hydrogen) atoms. The van der Waals surface area contributed by atoms with Crippen molar-refractivity contribution < 1.29 is 28.7 Å². The summed E-state index contributed by atoms with van der Waals surface area (Å²) in [5, 5.41) is 0.443. The molecular weight excluding hydrogens is 328 g/mol. The number of hydrogen-bond donors (Lipinski definition) is 0. The fourth-order valence-corrected chi connectivity index (χ4v) is 2.26. The molecule has 8 nitrogen and oxygen atoms in total.